The average molecular weight is 339 g/mol. The Hall–Kier alpha value is -3.48. The maximum absolute atomic E-state index is 13.0. The first-order chi connectivity index (χ1) is 12.1. The smallest absolute Gasteiger partial charge is 0.337 e. The molecular formula is C18H14FN3O3. The molecule has 0 atom stereocenters. The van der Waals surface area contributed by atoms with Gasteiger partial charge in [0.1, 0.15) is 5.82 Å². The topological polar surface area (TPSA) is 73.2 Å². The summed E-state index contributed by atoms with van der Waals surface area (Å²) in [6.07, 6.45) is 1.60. The van der Waals surface area contributed by atoms with Crippen LogP contribution >= 0.6 is 0 Å². The molecule has 3 rings (SSSR count). The number of hydrogen-bond acceptors (Lipinski definition) is 4. The quantitative estimate of drug-likeness (QED) is 0.742. The second-order valence-corrected chi connectivity index (χ2v) is 5.15. The molecule has 126 valence electrons. The van der Waals surface area contributed by atoms with E-state index in [1.165, 1.54) is 30.0 Å². The molecule has 0 saturated carbocycles. The number of halogens is 1. The number of hydrogen-bond donors (Lipinski definition) is 1. The second-order valence-electron chi connectivity index (χ2n) is 5.15. The first kappa shape index (κ1) is 16.4. The van der Waals surface area contributed by atoms with Gasteiger partial charge in [-0.25, -0.2) is 13.9 Å². The van der Waals surface area contributed by atoms with Gasteiger partial charge in [0.05, 0.1) is 18.4 Å². The monoisotopic (exact) mass is 339 g/mol. The van der Waals surface area contributed by atoms with Gasteiger partial charge in [-0.3, -0.25) is 4.79 Å². The van der Waals surface area contributed by atoms with E-state index < -0.39 is 11.9 Å². The van der Waals surface area contributed by atoms with E-state index in [9.17, 15) is 14.0 Å². The number of esters is 1. The van der Waals surface area contributed by atoms with E-state index in [0.29, 0.717) is 16.9 Å². The molecule has 0 bridgehead atoms. The van der Waals surface area contributed by atoms with Crippen molar-refractivity contribution in [1.29, 1.82) is 0 Å². The van der Waals surface area contributed by atoms with Crippen molar-refractivity contribution in [1.82, 2.24) is 9.78 Å². The van der Waals surface area contributed by atoms with Crippen molar-refractivity contribution in [2.24, 2.45) is 0 Å². The maximum Gasteiger partial charge on any atom is 0.337 e. The molecule has 1 aromatic heterocycles. The van der Waals surface area contributed by atoms with Crippen LogP contribution in [-0.2, 0) is 4.74 Å². The average Bonchev–Trinajstić information content (AvgIpc) is 3.12. The van der Waals surface area contributed by atoms with Crippen molar-refractivity contribution in [3.05, 3.63) is 77.9 Å². The Morgan fingerprint density at radius 3 is 2.60 bits per heavy atom. The Morgan fingerprint density at radius 1 is 1.12 bits per heavy atom. The number of carbonyl (C=O) groups is 2. The lowest BCUT2D eigenvalue weighted by Gasteiger charge is -2.05. The number of rotatable bonds is 4. The standard InChI is InChI=1S/C18H14FN3O3/c1-25-18(24)12-3-2-4-14(11-12)20-17(23)16-9-10-22(21-16)15-7-5-13(19)6-8-15/h2-11H,1H3,(H,20,23). The van der Waals surface area contributed by atoms with E-state index in [0.717, 1.165) is 0 Å². The highest BCUT2D eigenvalue weighted by atomic mass is 19.1. The van der Waals surface area contributed by atoms with Crippen LogP contribution in [-0.4, -0.2) is 28.8 Å². The zero-order valence-electron chi connectivity index (χ0n) is 13.3. The number of carbonyl (C=O) groups excluding carboxylic acids is 2. The van der Waals surface area contributed by atoms with Crippen LogP contribution in [0.25, 0.3) is 5.69 Å². The Balaban J connectivity index is 1.76. The van der Waals surface area contributed by atoms with Crippen molar-refractivity contribution in [2.45, 2.75) is 0 Å². The summed E-state index contributed by atoms with van der Waals surface area (Å²) in [6.45, 7) is 0. The van der Waals surface area contributed by atoms with E-state index >= 15 is 0 Å². The Bertz CT molecular complexity index is 919. The molecule has 7 heteroatoms. The molecule has 1 heterocycles. The minimum absolute atomic E-state index is 0.188. The van der Waals surface area contributed by atoms with Crippen molar-refractivity contribution < 1.29 is 18.7 Å². The zero-order chi connectivity index (χ0) is 17.8. The highest BCUT2D eigenvalue weighted by Crippen LogP contribution is 2.14. The minimum Gasteiger partial charge on any atom is -0.465 e. The fraction of sp³-hybridized carbons (Fsp3) is 0.0556. The molecule has 0 aliphatic carbocycles. The summed E-state index contributed by atoms with van der Waals surface area (Å²) < 4.78 is 19.1. The number of methoxy groups -OCH3 is 1. The maximum atomic E-state index is 13.0. The minimum atomic E-state index is -0.489. The van der Waals surface area contributed by atoms with Gasteiger partial charge >= 0.3 is 5.97 Å². The van der Waals surface area contributed by atoms with Crippen LogP contribution in [0.3, 0.4) is 0 Å². The number of anilines is 1. The molecule has 2 aromatic carbocycles. The fourth-order valence-corrected chi connectivity index (χ4v) is 2.22. The normalized spacial score (nSPS) is 10.3. The number of ether oxygens (including phenoxy) is 1. The van der Waals surface area contributed by atoms with Crippen molar-refractivity contribution in [3.63, 3.8) is 0 Å². The molecule has 0 spiro atoms. The largest absolute Gasteiger partial charge is 0.465 e. The summed E-state index contributed by atoms with van der Waals surface area (Å²) in [5, 5.41) is 6.84. The molecule has 0 radical (unpaired) electrons. The van der Waals surface area contributed by atoms with Crippen LogP contribution in [0, 0.1) is 5.82 Å². The summed E-state index contributed by atoms with van der Waals surface area (Å²) in [5.74, 6) is -1.26. The Kier molecular flexibility index (Phi) is 4.56. The Labute approximate surface area is 142 Å². The van der Waals surface area contributed by atoms with Crippen LogP contribution in [0.2, 0.25) is 0 Å². The molecular weight excluding hydrogens is 325 g/mol. The highest BCUT2D eigenvalue weighted by molar-refractivity contribution is 6.03. The van der Waals surface area contributed by atoms with Crippen LogP contribution in [0.1, 0.15) is 20.8 Å². The molecule has 1 amide bonds. The zero-order valence-corrected chi connectivity index (χ0v) is 13.3. The lowest BCUT2D eigenvalue weighted by atomic mass is 10.2. The molecule has 0 aliphatic rings. The SMILES string of the molecule is COC(=O)c1cccc(NC(=O)c2ccn(-c3ccc(F)cc3)n2)c1. The summed E-state index contributed by atoms with van der Waals surface area (Å²) in [6, 6.07) is 13.7. The van der Waals surface area contributed by atoms with Crippen molar-refractivity contribution in [3.8, 4) is 5.69 Å². The summed E-state index contributed by atoms with van der Waals surface area (Å²) in [5.41, 5.74) is 1.60. The van der Waals surface area contributed by atoms with Gasteiger partial charge < -0.3 is 10.1 Å². The van der Waals surface area contributed by atoms with E-state index in [-0.39, 0.29) is 11.5 Å². The first-order valence-corrected chi connectivity index (χ1v) is 7.38. The molecule has 0 saturated heterocycles. The van der Waals surface area contributed by atoms with Gasteiger partial charge in [0.15, 0.2) is 5.69 Å². The molecule has 1 N–H and O–H groups in total. The van der Waals surface area contributed by atoms with Crippen molar-refractivity contribution in [2.75, 3.05) is 12.4 Å². The lowest BCUT2D eigenvalue weighted by molar-refractivity contribution is 0.0600. The lowest BCUT2D eigenvalue weighted by Crippen LogP contribution is -2.13. The third kappa shape index (κ3) is 3.72. The molecule has 0 unspecified atom stereocenters. The predicted octanol–water partition coefficient (Wildman–Crippen LogP) is 3.05. The third-order valence-electron chi connectivity index (χ3n) is 3.45. The van der Waals surface area contributed by atoms with Gasteiger partial charge in [0, 0.05) is 11.9 Å². The van der Waals surface area contributed by atoms with Gasteiger partial charge in [-0.1, -0.05) is 6.07 Å². The molecule has 0 fully saturated rings. The first-order valence-electron chi connectivity index (χ1n) is 7.38. The van der Waals surface area contributed by atoms with Crippen LogP contribution in [0.15, 0.2) is 60.8 Å². The molecule has 3 aromatic rings. The van der Waals surface area contributed by atoms with Gasteiger partial charge in [-0.2, -0.15) is 5.10 Å². The number of aromatic nitrogens is 2. The van der Waals surface area contributed by atoms with E-state index in [1.54, 1.807) is 42.6 Å². The highest BCUT2D eigenvalue weighted by Gasteiger charge is 2.12. The fourth-order valence-electron chi connectivity index (χ4n) is 2.22. The number of amides is 1. The molecule has 6 nitrogen and oxygen atoms in total. The van der Waals surface area contributed by atoms with E-state index in [1.807, 2.05) is 0 Å². The number of nitrogens with one attached hydrogen (secondary N) is 1. The van der Waals surface area contributed by atoms with Crippen LogP contribution in [0.5, 0.6) is 0 Å². The van der Waals surface area contributed by atoms with E-state index in [2.05, 4.69) is 15.2 Å². The summed E-state index contributed by atoms with van der Waals surface area (Å²) >= 11 is 0. The van der Waals surface area contributed by atoms with Crippen LogP contribution in [0.4, 0.5) is 10.1 Å². The summed E-state index contributed by atoms with van der Waals surface area (Å²) in [7, 11) is 1.29. The van der Waals surface area contributed by atoms with Gasteiger partial charge in [0.25, 0.3) is 5.91 Å². The van der Waals surface area contributed by atoms with Gasteiger partial charge in [0.2, 0.25) is 0 Å². The Morgan fingerprint density at radius 2 is 1.88 bits per heavy atom. The third-order valence-corrected chi connectivity index (χ3v) is 3.45. The van der Waals surface area contributed by atoms with Gasteiger partial charge in [-0.15, -0.1) is 0 Å². The van der Waals surface area contributed by atoms with Crippen LogP contribution < -0.4 is 5.32 Å². The predicted molar refractivity (Wildman–Crippen MR) is 89.3 cm³/mol. The van der Waals surface area contributed by atoms with Gasteiger partial charge in [-0.05, 0) is 48.5 Å². The summed E-state index contributed by atoms with van der Waals surface area (Å²) in [4.78, 5) is 23.8. The number of benzene rings is 2. The number of nitrogens with zero attached hydrogens (tertiary/aromatic N) is 2. The molecule has 25 heavy (non-hydrogen) atoms. The second kappa shape index (κ2) is 6.96. The van der Waals surface area contributed by atoms with E-state index in [4.69, 9.17) is 0 Å². The van der Waals surface area contributed by atoms with Crippen molar-refractivity contribution >= 4 is 17.6 Å². The molecule has 0 aliphatic heterocycles.